The summed E-state index contributed by atoms with van der Waals surface area (Å²) in [6, 6.07) is -0.697. The van der Waals surface area contributed by atoms with Crippen LogP contribution in [0.4, 0.5) is 0 Å². The molecule has 0 aromatic heterocycles. The Hall–Kier alpha value is -0.000130. The zero-order valence-electron chi connectivity index (χ0n) is 17.2. The Morgan fingerprint density at radius 3 is 2.14 bits per heavy atom. The van der Waals surface area contributed by atoms with E-state index in [4.69, 9.17) is 32.9 Å². The van der Waals surface area contributed by atoms with E-state index in [1.54, 1.807) is 15.0 Å². The number of aliphatic hydroxyl groups excluding tert-OH is 1. The quantitative estimate of drug-likeness (QED) is 0.302. The molecular weight excluding hydrogens is 393 g/mol. The third-order valence-corrected chi connectivity index (χ3v) is 5.84. The normalized spacial score (nSPS) is 40.8. The summed E-state index contributed by atoms with van der Waals surface area (Å²) in [5, 5.41) is 9.46. The van der Waals surface area contributed by atoms with E-state index in [0.717, 1.165) is 0 Å². The molecule has 2 heterocycles. The topological polar surface area (TPSA) is 122 Å². The summed E-state index contributed by atoms with van der Waals surface area (Å²) >= 11 is 0. The lowest BCUT2D eigenvalue weighted by Crippen LogP contribution is -2.40. The molecule has 0 aromatic rings. The van der Waals surface area contributed by atoms with Crippen molar-refractivity contribution in [2.24, 2.45) is 0 Å². The second-order valence-corrected chi connectivity index (χ2v) is 9.07. The van der Waals surface area contributed by atoms with Gasteiger partial charge in [0, 0.05) is 14.2 Å². The fourth-order valence-corrected chi connectivity index (χ4v) is 4.63. The highest BCUT2D eigenvalue weighted by Crippen LogP contribution is 2.47. The molecule has 2 aliphatic rings. The summed E-state index contributed by atoms with van der Waals surface area (Å²) in [4.78, 5) is 10.3. The van der Waals surface area contributed by atoms with Crippen molar-refractivity contribution < 1.29 is 47.5 Å². The molecule has 28 heavy (non-hydrogen) atoms. The zero-order valence-corrected chi connectivity index (χ0v) is 18.1. The van der Waals surface area contributed by atoms with Gasteiger partial charge in [0.15, 0.2) is 12.6 Å². The first-order valence-corrected chi connectivity index (χ1v) is 11.1. The van der Waals surface area contributed by atoms with Crippen LogP contribution < -0.4 is 0 Å². The standard InChI is InChI=1S/C15H31B2O10P/c1-7(2)24-12-11(22-4)14(17)26-15(12)23-6-28(19,20)27-9-8(5-18)25-13(16)10(9)21-3/h7-15,18H,5-6,16-17H2,1-4H3,(H,19,20)/t8-,9?,10-,11-,12?,13-,14-,15+/m1/s1. The first-order valence-electron chi connectivity index (χ1n) is 9.38. The lowest BCUT2D eigenvalue weighted by molar-refractivity contribution is -0.174. The third-order valence-electron chi connectivity index (χ3n) is 4.79. The maximum absolute atomic E-state index is 12.6. The van der Waals surface area contributed by atoms with Crippen LogP contribution in [-0.4, -0.2) is 108 Å². The summed E-state index contributed by atoms with van der Waals surface area (Å²) < 4.78 is 51.3. The fraction of sp³-hybridized carbons (Fsp3) is 1.00. The minimum absolute atomic E-state index is 0.107. The van der Waals surface area contributed by atoms with Gasteiger partial charge >= 0.3 is 7.60 Å². The predicted octanol–water partition coefficient (Wildman–Crippen LogP) is -1.98. The Labute approximate surface area is 167 Å². The van der Waals surface area contributed by atoms with Crippen molar-refractivity contribution in [3.05, 3.63) is 0 Å². The van der Waals surface area contributed by atoms with E-state index in [1.165, 1.54) is 7.11 Å². The molecule has 2 aliphatic heterocycles. The van der Waals surface area contributed by atoms with Gasteiger partial charge in [0.25, 0.3) is 0 Å². The van der Waals surface area contributed by atoms with Gasteiger partial charge in [0.2, 0.25) is 0 Å². The summed E-state index contributed by atoms with van der Waals surface area (Å²) in [5.74, 6) is 0. The van der Waals surface area contributed by atoms with Gasteiger partial charge in [-0.2, -0.15) is 0 Å². The number of rotatable bonds is 10. The van der Waals surface area contributed by atoms with E-state index in [0.29, 0.717) is 0 Å². The number of methoxy groups -OCH3 is 2. The molecule has 162 valence electrons. The van der Waals surface area contributed by atoms with Crippen molar-refractivity contribution in [2.75, 3.05) is 27.2 Å². The molecular formula is C15H31B2O10P. The molecule has 0 saturated carbocycles. The van der Waals surface area contributed by atoms with E-state index >= 15 is 0 Å². The van der Waals surface area contributed by atoms with Gasteiger partial charge in [-0.1, -0.05) is 0 Å². The maximum Gasteiger partial charge on any atom is 0.354 e. The van der Waals surface area contributed by atoms with Gasteiger partial charge in [-0.25, -0.2) is 0 Å². The van der Waals surface area contributed by atoms with Gasteiger partial charge < -0.3 is 38.4 Å². The second-order valence-electron chi connectivity index (χ2n) is 7.33. The van der Waals surface area contributed by atoms with Crippen molar-refractivity contribution in [3.63, 3.8) is 0 Å². The van der Waals surface area contributed by atoms with Gasteiger partial charge in [-0.15, -0.1) is 0 Å². The van der Waals surface area contributed by atoms with Crippen LogP contribution in [0.25, 0.3) is 0 Å². The van der Waals surface area contributed by atoms with Crippen LogP contribution in [0.1, 0.15) is 13.8 Å². The van der Waals surface area contributed by atoms with Crippen molar-refractivity contribution in [1.82, 2.24) is 0 Å². The molecule has 0 aliphatic carbocycles. The first kappa shape index (κ1) is 24.3. The SMILES string of the molecule is B[C@@H]1O[C@H](OCP(=O)(O)OC2[C@@H](OC)[C@H](B)O[C@@H]2CO)C(OC(C)C)[C@H]1OC. The Balaban J connectivity index is 2.00. The van der Waals surface area contributed by atoms with Crippen molar-refractivity contribution >= 4 is 23.3 Å². The molecule has 9 atom stereocenters. The average Bonchev–Trinajstić information content (AvgIpc) is 3.07. The first-order chi connectivity index (χ1) is 13.1. The summed E-state index contributed by atoms with van der Waals surface area (Å²) in [5.41, 5.74) is 0. The Morgan fingerprint density at radius 2 is 1.61 bits per heavy atom. The van der Waals surface area contributed by atoms with E-state index < -0.39 is 50.7 Å². The molecule has 0 radical (unpaired) electrons. The molecule has 2 saturated heterocycles. The largest absolute Gasteiger partial charge is 0.394 e. The summed E-state index contributed by atoms with van der Waals surface area (Å²) in [6.45, 7) is 3.38. The molecule has 0 aromatic carbocycles. The molecule has 2 fully saturated rings. The van der Waals surface area contributed by atoms with Crippen LogP contribution in [0.2, 0.25) is 0 Å². The van der Waals surface area contributed by atoms with Crippen LogP contribution in [-0.2, 0) is 37.5 Å². The minimum Gasteiger partial charge on any atom is -0.394 e. The van der Waals surface area contributed by atoms with E-state index in [2.05, 4.69) is 0 Å². The Kier molecular flexibility index (Phi) is 8.97. The zero-order chi connectivity index (χ0) is 21.1. The smallest absolute Gasteiger partial charge is 0.354 e. The predicted molar refractivity (Wildman–Crippen MR) is 104 cm³/mol. The van der Waals surface area contributed by atoms with Gasteiger partial charge in [-0.3, -0.25) is 9.09 Å². The Bertz CT molecular complexity index is 541. The highest BCUT2D eigenvalue weighted by molar-refractivity contribution is 7.52. The second kappa shape index (κ2) is 10.3. The molecule has 0 bridgehead atoms. The van der Waals surface area contributed by atoms with Crippen LogP contribution in [0.5, 0.6) is 0 Å². The van der Waals surface area contributed by atoms with Gasteiger partial charge in [-0.05, 0) is 13.8 Å². The number of hydrogen-bond donors (Lipinski definition) is 2. The highest BCUT2D eigenvalue weighted by atomic mass is 31.2. The van der Waals surface area contributed by atoms with E-state index in [1.807, 2.05) is 21.7 Å². The summed E-state index contributed by atoms with van der Waals surface area (Å²) in [6.07, 6.45) is -4.77. The Morgan fingerprint density at radius 1 is 1.04 bits per heavy atom. The number of hydrogen-bond acceptors (Lipinski definition) is 9. The highest BCUT2D eigenvalue weighted by Gasteiger charge is 2.48. The van der Waals surface area contributed by atoms with Gasteiger partial charge in [0.05, 0.1) is 24.7 Å². The molecule has 3 unspecified atom stereocenters. The van der Waals surface area contributed by atoms with Crippen molar-refractivity contribution in [3.8, 4) is 0 Å². The average molecular weight is 424 g/mol. The molecule has 0 amide bonds. The van der Waals surface area contributed by atoms with E-state index in [-0.39, 0.29) is 24.8 Å². The molecule has 10 nitrogen and oxygen atoms in total. The van der Waals surface area contributed by atoms with Crippen molar-refractivity contribution in [2.45, 2.75) is 68.8 Å². The fourth-order valence-electron chi connectivity index (χ4n) is 3.60. The molecule has 13 heteroatoms. The van der Waals surface area contributed by atoms with E-state index in [9.17, 15) is 14.6 Å². The van der Waals surface area contributed by atoms with Crippen LogP contribution >= 0.6 is 7.60 Å². The van der Waals surface area contributed by atoms with Crippen molar-refractivity contribution in [1.29, 1.82) is 0 Å². The monoisotopic (exact) mass is 424 g/mol. The molecule has 2 rings (SSSR count). The minimum atomic E-state index is -4.20. The number of ether oxygens (including phenoxy) is 6. The molecule has 0 spiro atoms. The maximum atomic E-state index is 12.6. The number of aliphatic hydroxyl groups is 1. The molecule has 2 N–H and O–H groups in total. The van der Waals surface area contributed by atoms with Crippen LogP contribution in [0, 0.1) is 0 Å². The van der Waals surface area contributed by atoms with Gasteiger partial charge in [0.1, 0.15) is 46.2 Å². The van der Waals surface area contributed by atoms with Crippen LogP contribution in [0.15, 0.2) is 0 Å². The lowest BCUT2D eigenvalue weighted by Gasteiger charge is -2.27. The van der Waals surface area contributed by atoms with Crippen LogP contribution in [0.3, 0.4) is 0 Å². The summed E-state index contributed by atoms with van der Waals surface area (Å²) in [7, 11) is 2.35. The lowest BCUT2D eigenvalue weighted by atomic mass is 9.93. The third kappa shape index (κ3) is 5.78.